The number of aryl methyl sites for hydroxylation is 1. The monoisotopic (exact) mass is 300 g/mol. The van der Waals surface area contributed by atoms with Gasteiger partial charge in [-0.1, -0.05) is 23.2 Å². The minimum absolute atomic E-state index is 0.260. The summed E-state index contributed by atoms with van der Waals surface area (Å²) in [6, 6.07) is 7.05. The van der Waals surface area contributed by atoms with Gasteiger partial charge in [0.2, 0.25) is 0 Å². The van der Waals surface area contributed by atoms with E-state index in [1.54, 1.807) is 23.6 Å². The molecule has 0 bridgehead atoms. The van der Waals surface area contributed by atoms with Crippen molar-refractivity contribution in [1.82, 2.24) is 5.43 Å². The lowest BCUT2D eigenvalue weighted by molar-refractivity contribution is 0.0967. The first-order chi connectivity index (χ1) is 8.58. The van der Waals surface area contributed by atoms with Crippen LogP contribution in [0.1, 0.15) is 15.2 Å². The van der Waals surface area contributed by atoms with Gasteiger partial charge < -0.3 is 0 Å². The smallest absolute Gasteiger partial charge is 0.281 e. The van der Waals surface area contributed by atoms with Crippen molar-refractivity contribution < 1.29 is 4.79 Å². The van der Waals surface area contributed by atoms with Crippen molar-refractivity contribution in [3.63, 3.8) is 0 Å². The maximum absolute atomic E-state index is 11.8. The van der Waals surface area contributed by atoms with Crippen molar-refractivity contribution in [2.24, 2.45) is 0 Å². The molecule has 0 saturated carbocycles. The van der Waals surface area contributed by atoms with Crippen molar-refractivity contribution in [3.05, 3.63) is 50.1 Å². The number of carbonyl (C=O) groups is 1. The molecular formula is C12H10Cl2N2OS. The summed E-state index contributed by atoms with van der Waals surface area (Å²) >= 11 is 13.0. The quantitative estimate of drug-likeness (QED) is 0.837. The number of anilines is 1. The molecule has 0 atom stereocenters. The average molecular weight is 301 g/mol. The van der Waals surface area contributed by atoms with Crippen LogP contribution in [0.2, 0.25) is 10.0 Å². The number of halogens is 2. The van der Waals surface area contributed by atoms with E-state index < -0.39 is 0 Å². The second-order valence-corrected chi connectivity index (χ2v) is 5.40. The van der Waals surface area contributed by atoms with Crippen molar-refractivity contribution in [1.29, 1.82) is 0 Å². The van der Waals surface area contributed by atoms with Crippen LogP contribution in [0.5, 0.6) is 0 Å². The molecule has 0 aliphatic heterocycles. The summed E-state index contributed by atoms with van der Waals surface area (Å²) in [4.78, 5) is 12.3. The van der Waals surface area contributed by atoms with Crippen LogP contribution in [0.15, 0.2) is 29.6 Å². The fourth-order valence-corrected chi connectivity index (χ4v) is 2.67. The summed E-state index contributed by atoms with van der Waals surface area (Å²) in [6.07, 6.45) is 0. The second-order valence-electron chi connectivity index (χ2n) is 3.64. The lowest BCUT2D eigenvalue weighted by atomic mass is 10.2. The van der Waals surface area contributed by atoms with Crippen molar-refractivity contribution in [3.8, 4) is 0 Å². The summed E-state index contributed by atoms with van der Waals surface area (Å²) in [7, 11) is 0. The molecule has 0 aliphatic rings. The third-order valence-electron chi connectivity index (χ3n) is 2.32. The molecule has 2 aromatic rings. The molecule has 0 spiro atoms. The molecule has 1 amide bonds. The highest BCUT2D eigenvalue weighted by Gasteiger charge is 2.11. The Hall–Kier alpha value is -1.23. The zero-order valence-electron chi connectivity index (χ0n) is 9.46. The van der Waals surface area contributed by atoms with E-state index in [1.165, 1.54) is 11.3 Å². The molecule has 1 heterocycles. The SMILES string of the molecule is Cc1cc(Cl)ccc1NNC(=O)c1sccc1Cl. The van der Waals surface area contributed by atoms with Crippen molar-refractivity contribution >= 4 is 46.1 Å². The van der Waals surface area contributed by atoms with Crippen LogP contribution in [-0.4, -0.2) is 5.91 Å². The van der Waals surface area contributed by atoms with Gasteiger partial charge in [0, 0.05) is 5.02 Å². The normalized spacial score (nSPS) is 10.2. The van der Waals surface area contributed by atoms with Gasteiger partial charge in [-0.2, -0.15) is 0 Å². The van der Waals surface area contributed by atoms with E-state index in [0.717, 1.165) is 11.3 Å². The maximum atomic E-state index is 11.8. The summed E-state index contributed by atoms with van der Waals surface area (Å²) in [5, 5.41) is 2.88. The van der Waals surface area contributed by atoms with Gasteiger partial charge in [-0.3, -0.25) is 15.6 Å². The zero-order valence-corrected chi connectivity index (χ0v) is 11.8. The molecule has 1 aromatic carbocycles. The van der Waals surface area contributed by atoms with E-state index in [2.05, 4.69) is 10.9 Å². The van der Waals surface area contributed by atoms with Crippen molar-refractivity contribution in [2.75, 3.05) is 5.43 Å². The minimum Gasteiger partial charge on any atom is -0.298 e. The summed E-state index contributed by atoms with van der Waals surface area (Å²) in [6.45, 7) is 1.90. The van der Waals surface area contributed by atoms with Gasteiger partial charge in [-0.25, -0.2) is 0 Å². The molecule has 2 N–H and O–H groups in total. The Kier molecular flexibility index (Phi) is 4.11. The number of amides is 1. The highest BCUT2D eigenvalue weighted by molar-refractivity contribution is 7.12. The number of hydrogen-bond acceptors (Lipinski definition) is 3. The Balaban J connectivity index is 2.04. The number of hydrogen-bond donors (Lipinski definition) is 2. The molecule has 1 aromatic heterocycles. The van der Waals surface area contributed by atoms with Crippen LogP contribution < -0.4 is 10.9 Å². The molecule has 0 aliphatic carbocycles. The highest BCUT2D eigenvalue weighted by Crippen LogP contribution is 2.22. The van der Waals surface area contributed by atoms with Crippen LogP contribution in [0.25, 0.3) is 0 Å². The Morgan fingerprint density at radius 1 is 1.28 bits per heavy atom. The van der Waals surface area contributed by atoms with E-state index >= 15 is 0 Å². The fraction of sp³-hybridized carbons (Fsp3) is 0.0833. The molecule has 0 radical (unpaired) electrons. The minimum atomic E-state index is -0.260. The predicted molar refractivity (Wildman–Crippen MR) is 76.6 cm³/mol. The molecule has 0 fully saturated rings. The third kappa shape index (κ3) is 2.96. The van der Waals surface area contributed by atoms with Crippen LogP contribution >= 0.6 is 34.5 Å². The molecule has 0 unspecified atom stereocenters. The van der Waals surface area contributed by atoms with E-state index in [-0.39, 0.29) is 5.91 Å². The molecule has 18 heavy (non-hydrogen) atoms. The first-order valence-corrected chi connectivity index (χ1v) is 6.77. The average Bonchev–Trinajstić information content (AvgIpc) is 2.74. The number of hydrazine groups is 1. The number of rotatable bonds is 3. The van der Waals surface area contributed by atoms with Gasteiger partial charge in [-0.05, 0) is 42.1 Å². The Bertz CT molecular complexity index is 583. The third-order valence-corrected chi connectivity index (χ3v) is 3.90. The molecule has 6 heteroatoms. The molecular weight excluding hydrogens is 291 g/mol. The van der Waals surface area contributed by atoms with Crippen LogP contribution in [0, 0.1) is 6.92 Å². The van der Waals surface area contributed by atoms with E-state index in [9.17, 15) is 4.79 Å². The van der Waals surface area contributed by atoms with Gasteiger partial charge in [-0.15, -0.1) is 11.3 Å². The van der Waals surface area contributed by atoms with Gasteiger partial charge in [0.05, 0.1) is 10.7 Å². The molecule has 94 valence electrons. The Labute approximate surface area is 119 Å². The van der Waals surface area contributed by atoms with Gasteiger partial charge in [0.15, 0.2) is 0 Å². The Morgan fingerprint density at radius 3 is 2.67 bits per heavy atom. The lowest BCUT2D eigenvalue weighted by Gasteiger charge is -2.10. The van der Waals surface area contributed by atoms with Crippen LogP contribution in [0.4, 0.5) is 5.69 Å². The fourth-order valence-electron chi connectivity index (χ4n) is 1.40. The number of thiophene rings is 1. The zero-order chi connectivity index (χ0) is 13.1. The number of benzene rings is 1. The van der Waals surface area contributed by atoms with Crippen LogP contribution in [-0.2, 0) is 0 Å². The van der Waals surface area contributed by atoms with E-state index in [4.69, 9.17) is 23.2 Å². The highest BCUT2D eigenvalue weighted by atomic mass is 35.5. The second kappa shape index (κ2) is 5.61. The molecule has 2 rings (SSSR count). The lowest BCUT2D eigenvalue weighted by Crippen LogP contribution is -2.29. The summed E-state index contributed by atoms with van der Waals surface area (Å²) in [5.74, 6) is -0.260. The van der Waals surface area contributed by atoms with Gasteiger partial charge >= 0.3 is 0 Å². The maximum Gasteiger partial charge on any atom is 0.281 e. The topological polar surface area (TPSA) is 41.1 Å². The predicted octanol–water partition coefficient (Wildman–Crippen LogP) is 4.12. The van der Waals surface area contributed by atoms with E-state index in [0.29, 0.717) is 14.9 Å². The number of carbonyl (C=O) groups excluding carboxylic acids is 1. The summed E-state index contributed by atoms with van der Waals surface area (Å²) < 4.78 is 0. The standard InChI is InChI=1S/C12H10Cl2N2OS/c1-7-6-8(13)2-3-10(7)15-16-12(17)11-9(14)4-5-18-11/h2-6,15H,1H3,(H,16,17). The first kappa shape index (κ1) is 13.2. The number of nitrogens with one attached hydrogen (secondary N) is 2. The van der Waals surface area contributed by atoms with Gasteiger partial charge in [0.25, 0.3) is 5.91 Å². The molecule has 0 saturated heterocycles. The van der Waals surface area contributed by atoms with Gasteiger partial charge in [0.1, 0.15) is 4.88 Å². The van der Waals surface area contributed by atoms with E-state index in [1.807, 2.05) is 13.0 Å². The first-order valence-electron chi connectivity index (χ1n) is 5.13. The molecule has 3 nitrogen and oxygen atoms in total. The Morgan fingerprint density at radius 2 is 2.06 bits per heavy atom. The van der Waals surface area contributed by atoms with Crippen molar-refractivity contribution in [2.45, 2.75) is 6.92 Å². The largest absolute Gasteiger partial charge is 0.298 e. The van der Waals surface area contributed by atoms with Crippen LogP contribution in [0.3, 0.4) is 0 Å². The summed E-state index contributed by atoms with van der Waals surface area (Å²) in [5.41, 5.74) is 7.18.